The van der Waals surface area contributed by atoms with Crippen molar-refractivity contribution in [1.29, 1.82) is 0 Å². The molecule has 0 spiro atoms. The van der Waals surface area contributed by atoms with E-state index >= 15 is 0 Å². The Bertz CT molecular complexity index is 278. The maximum absolute atomic E-state index is 11.7. The van der Waals surface area contributed by atoms with Crippen LogP contribution in [0, 0.1) is 0 Å². The normalized spacial score (nSPS) is 28.9. The molecule has 2 aliphatic rings. The highest BCUT2D eigenvalue weighted by atomic mass is 16.3. The molecule has 4 heteroatoms. The van der Waals surface area contributed by atoms with E-state index in [1.54, 1.807) is 0 Å². The van der Waals surface area contributed by atoms with Crippen LogP contribution in [0.5, 0.6) is 0 Å². The van der Waals surface area contributed by atoms with Gasteiger partial charge in [0.1, 0.15) is 5.78 Å². The van der Waals surface area contributed by atoms with Gasteiger partial charge in [-0.15, -0.1) is 0 Å². The number of β-amino-alcohol motifs (C(OH)–C–C–N with tert-alkyl or cyclic N) is 1. The van der Waals surface area contributed by atoms with E-state index in [4.69, 9.17) is 0 Å². The van der Waals surface area contributed by atoms with Gasteiger partial charge in [0.25, 0.3) is 0 Å². The van der Waals surface area contributed by atoms with Crippen molar-refractivity contribution >= 4 is 5.78 Å². The molecular formula is C13H24N2O2. The lowest BCUT2D eigenvalue weighted by molar-refractivity contribution is -0.122. The molecule has 2 rings (SSSR count). The zero-order valence-corrected chi connectivity index (χ0v) is 11.0. The van der Waals surface area contributed by atoms with Crippen molar-refractivity contribution in [1.82, 2.24) is 9.80 Å². The number of Topliss-reactive ketones (excluding diaryl/α,β-unsaturated/α-hetero) is 1. The van der Waals surface area contributed by atoms with Gasteiger partial charge >= 0.3 is 0 Å². The van der Waals surface area contributed by atoms with Gasteiger partial charge in [-0.05, 0) is 26.7 Å². The van der Waals surface area contributed by atoms with Gasteiger partial charge in [0.2, 0.25) is 0 Å². The van der Waals surface area contributed by atoms with Crippen LogP contribution in [0.2, 0.25) is 0 Å². The van der Waals surface area contributed by atoms with Crippen LogP contribution in [0.1, 0.15) is 33.1 Å². The average molecular weight is 240 g/mol. The Morgan fingerprint density at radius 2 is 1.94 bits per heavy atom. The van der Waals surface area contributed by atoms with E-state index in [0.717, 1.165) is 52.0 Å². The quantitative estimate of drug-likeness (QED) is 0.780. The maximum atomic E-state index is 11.7. The fourth-order valence-electron chi connectivity index (χ4n) is 2.96. The van der Waals surface area contributed by atoms with Crippen molar-refractivity contribution < 1.29 is 9.90 Å². The van der Waals surface area contributed by atoms with Crippen molar-refractivity contribution in [3.63, 3.8) is 0 Å². The van der Waals surface area contributed by atoms with Gasteiger partial charge in [0.05, 0.1) is 11.6 Å². The van der Waals surface area contributed by atoms with Crippen LogP contribution in [-0.2, 0) is 4.79 Å². The average Bonchev–Trinajstić information content (AvgIpc) is 2.63. The first kappa shape index (κ1) is 13.0. The molecule has 1 saturated carbocycles. The second kappa shape index (κ2) is 5.04. The summed E-state index contributed by atoms with van der Waals surface area (Å²) in [5.74, 6) is 0.431. The molecule has 1 unspecified atom stereocenters. The Balaban J connectivity index is 1.80. The standard InChI is InChI=1S/C13H24N2O2/c1-13(2,17)10-14-6-8-15(9-7-14)11-4-3-5-12(11)16/h11,17H,3-10H2,1-2H3. The fourth-order valence-corrected chi connectivity index (χ4v) is 2.96. The second-order valence-electron chi connectivity index (χ2n) is 6.00. The number of carbonyl (C=O) groups excluding carboxylic acids is 1. The smallest absolute Gasteiger partial charge is 0.149 e. The molecule has 0 aromatic heterocycles. The van der Waals surface area contributed by atoms with E-state index in [2.05, 4.69) is 9.80 Å². The largest absolute Gasteiger partial charge is 0.389 e. The lowest BCUT2D eigenvalue weighted by Gasteiger charge is -2.39. The summed E-state index contributed by atoms with van der Waals surface area (Å²) in [6.45, 7) is 8.28. The molecular weight excluding hydrogens is 216 g/mol. The van der Waals surface area contributed by atoms with Gasteiger partial charge in [-0.25, -0.2) is 0 Å². The van der Waals surface area contributed by atoms with Gasteiger partial charge < -0.3 is 5.11 Å². The summed E-state index contributed by atoms with van der Waals surface area (Å²) in [4.78, 5) is 16.3. The number of carbonyl (C=O) groups is 1. The minimum Gasteiger partial charge on any atom is -0.389 e. The molecule has 1 aliphatic heterocycles. The molecule has 98 valence electrons. The molecule has 1 heterocycles. The van der Waals surface area contributed by atoms with Crippen LogP contribution in [0.25, 0.3) is 0 Å². The number of aliphatic hydroxyl groups is 1. The Morgan fingerprint density at radius 3 is 2.41 bits per heavy atom. The van der Waals surface area contributed by atoms with Crippen molar-refractivity contribution in [3.05, 3.63) is 0 Å². The summed E-state index contributed by atoms with van der Waals surface area (Å²) in [5.41, 5.74) is -0.620. The number of ketones is 1. The van der Waals surface area contributed by atoms with Crippen molar-refractivity contribution in [2.75, 3.05) is 32.7 Å². The van der Waals surface area contributed by atoms with Crippen LogP contribution < -0.4 is 0 Å². The number of hydrogen-bond acceptors (Lipinski definition) is 4. The van der Waals surface area contributed by atoms with E-state index in [1.165, 1.54) is 0 Å². The molecule has 0 amide bonds. The molecule has 4 nitrogen and oxygen atoms in total. The molecule has 17 heavy (non-hydrogen) atoms. The predicted octanol–water partition coefficient (Wildman–Crippen LogP) is 0.496. The third-order valence-corrected chi connectivity index (χ3v) is 3.73. The monoisotopic (exact) mass is 240 g/mol. The topological polar surface area (TPSA) is 43.8 Å². The number of nitrogens with zero attached hydrogens (tertiary/aromatic N) is 2. The van der Waals surface area contributed by atoms with E-state index in [9.17, 15) is 9.90 Å². The van der Waals surface area contributed by atoms with Gasteiger partial charge in [0.15, 0.2) is 0 Å². The first-order valence-corrected chi connectivity index (χ1v) is 6.67. The van der Waals surface area contributed by atoms with Gasteiger partial charge in [0, 0.05) is 39.1 Å². The van der Waals surface area contributed by atoms with E-state index in [0.29, 0.717) is 5.78 Å². The van der Waals surface area contributed by atoms with E-state index in [1.807, 2.05) is 13.8 Å². The Labute approximate surface area is 104 Å². The summed E-state index contributed by atoms with van der Waals surface area (Å²) >= 11 is 0. The molecule has 2 fully saturated rings. The third kappa shape index (κ3) is 3.50. The highest BCUT2D eigenvalue weighted by Gasteiger charge is 2.32. The summed E-state index contributed by atoms with van der Waals surface area (Å²) < 4.78 is 0. The lowest BCUT2D eigenvalue weighted by Crippen LogP contribution is -2.53. The van der Waals surface area contributed by atoms with Crippen molar-refractivity contribution in [2.24, 2.45) is 0 Å². The van der Waals surface area contributed by atoms with Crippen LogP contribution in [0.15, 0.2) is 0 Å². The van der Waals surface area contributed by atoms with Crippen LogP contribution in [-0.4, -0.2) is 65.1 Å². The third-order valence-electron chi connectivity index (χ3n) is 3.73. The Kier molecular flexibility index (Phi) is 3.85. The molecule has 1 N–H and O–H groups in total. The fraction of sp³-hybridized carbons (Fsp3) is 0.923. The summed E-state index contributed by atoms with van der Waals surface area (Å²) in [5, 5.41) is 9.78. The van der Waals surface area contributed by atoms with Crippen LogP contribution in [0.3, 0.4) is 0 Å². The van der Waals surface area contributed by atoms with E-state index < -0.39 is 5.60 Å². The summed E-state index contributed by atoms with van der Waals surface area (Å²) in [6, 6.07) is 0.194. The molecule has 1 aliphatic carbocycles. The SMILES string of the molecule is CC(C)(O)CN1CCN(C2CCCC2=O)CC1. The minimum absolute atomic E-state index is 0.194. The van der Waals surface area contributed by atoms with Gasteiger partial charge in [-0.1, -0.05) is 0 Å². The van der Waals surface area contributed by atoms with Crippen molar-refractivity contribution in [2.45, 2.75) is 44.8 Å². The minimum atomic E-state index is -0.620. The number of hydrogen-bond donors (Lipinski definition) is 1. The highest BCUT2D eigenvalue weighted by molar-refractivity contribution is 5.85. The zero-order valence-electron chi connectivity index (χ0n) is 11.0. The summed E-state index contributed by atoms with van der Waals surface area (Å²) in [6.07, 6.45) is 2.88. The number of piperazine rings is 1. The first-order chi connectivity index (χ1) is 7.96. The lowest BCUT2D eigenvalue weighted by atomic mass is 10.1. The Morgan fingerprint density at radius 1 is 1.29 bits per heavy atom. The van der Waals surface area contributed by atoms with Crippen molar-refractivity contribution in [3.8, 4) is 0 Å². The van der Waals surface area contributed by atoms with Crippen LogP contribution in [0.4, 0.5) is 0 Å². The highest BCUT2D eigenvalue weighted by Crippen LogP contribution is 2.21. The Hall–Kier alpha value is -0.450. The molecule has 1 atom stereocenters. The van der Waals surface area contributed by atoms with Gasteiger partial charge in [-0.3, -0.25) is 14.6 Å². The maximum Gasteiger partial charge on any atom is 0.149 e. The molecule has 0 aromatic carbocycles. The van der Waals surface area contributed by atoms with Crippen LogP contribution >= 0.6 is 0 Å². The van der Waals surface area contributed by atoms with E-state index in [-0.39, 0.29) is 6.04 Å². The second-order valence-corrected chi connectivity index (χ2v) is 6.00. The zero-order chi connectivity index (χ0) is 12.5. The number of rotatable bonds is 3. The van der Waals surface area contributed by atoms with Gasteiger partial charge in [-0.2, -0.15) is 0 Å². The molecule has 1 saturated heterocycles. The molecule has 0 radical (unpaired) electrons. The molecule has 0 bridgehead atoms. The predicted molar refractivity (Wildman–Crippen MR) is 67.0 cm³/mol. The summed E-state index contributed by atoms with van der Waals surface area (Å²) in [7, 11) is 0. The molecule has 0 aromatic rings. The first-order valence-electron chi connectivity index (χ1n) is 6.67.